The van der Waals surface area contributed by atoms with Crippen LogP contribution >= 0.6 is 11.6 Å². The average molecular weight is 280 g/mol. The highest BCUT2D eigenvalue weighted by Crippen LogP contribution is 2.14. The minimum atomic E-state index is -0.925. The third kappa shape index (κ3) is 3.13. The number of aliphatic carboxylic acids is 1. The monoisotopic (exact) mass is 279 g/mol. The van der Waals surface area contributed by atoms with Gasteiger partial charge in [0, 0.05) is 7.05 Å². The van der Waals surface area contributed by atoms with E-state index in [0.717, 1.165) is 0 Å². The van der Waals surface area contributed by atoms with Crippen LogP contribution in [0.4, 0.5) is 0 Å². The van der Waals surface area contributed by atoms with Crippen molar-refractivity contribution in [2.24, 2.45) is 7.05 Å². The number of carbonyl (C=O) groups is 1. The van der Waals surface area contributed by atoms with Crippen molar-refractivity contribution in [1.29, 1.82) is 0 Å². The zero-order chi connectivity index (χ0) is 13.8. The van der Waals surface area contributed by atoms with Gasteiger partial charge in [-0.05, 0) is 5.56 Å². The molecule has 1 heterocycles. The molecule has 1 atom stereocenters. The molecule has 1 unspecified atom stereocenters. The van der Waals surface area contributed by atoms with Gasteiger partial charge in [0.25, 0.3) is 0 Å². The van der Waals surface area contributed by atoms with E-state index < -0.39 is 12.0 Å². The van der Waals surface area contributed by atoms with Crippen LogP contribution in [0.3, 0.4) is 0 Å². The summed E-state index contributed by atoms with van der Waals surface area (Å²) >= 11 is 5.88. The van der Waals surface area contributed by atoms with Gasteiger partial charge in [-0.3, -0.25) is 10.1 Å². The fourth-order valence-electron chi connectivity index (χ4n) is 1.78. The number of halogens is 1. The van der Waals surface area contributed by atoms with Crippen LogP contribution in [-0.2, 0) is 18.4 Å². The van der Waals surface area contributed by atoms with Crippen molar-refractivity contribution in [3.63, 3.8) is 0 Å². The fourth-order valence-corrected chi connectivity index (χ4v) is 1.92. The van der Waals surface area contributed by atoms with Crippen LogP contribution in [0.2, 0.25) is 5.15 Å². The zero-order valence-corrected chi connectivity index (χ0v) is 11.1. The second kappa shape index (κ2) is 5.86. The average Bonchev–Trinajstić information content (AvgIpc) is 2.72. The first kappa shape index (κ1) is 13.6. The van der Waals surface area contributed by atoms with Crippen molar-refractivity contribution in [2.45, 2.75) is 12.6 Å². The fraction of sp³-hybridized carbons (Fsp3) is 0.231. The van der Waals surface area contributed by atoms with Gasteiger partial charge in [-0.15, -0.1) is 0 Å². The third-order valence-corrected chi connectivity index (χ3v) is 3.22. The molecule has 19 heavy (non-hydrogen) atoms. The molecule has 0 aliphatic heterocycles. The first-order valence-corrected chi connectivity index (χ1v) is 6.14. The lowest BCUT2D eigenvalue weighted by atomic mass is 10.1. The molecule has 0 spiro atoms. The maximum Gasteiger partial charge on any atom is 0.325 e. The molecule has 2 N–H and O–H groups in total. The Morgan fingerprint density at radius 3 is 2.68 bits per heavy atom. The van der Waals surface area contributed by atoms with E-state index in [1.54, 1.807) is 23.7 Å². The summed E-state index contributed by atoms with van der Waals surface area (Å²) in [6.07, 6.45) is 1.54. The molecule has 0 radical (unpaired) electrons. The Balaban J connectivity index is 2.11. The normalized spacial score (nSPS) is 12.3. The van der Waals surface area contributed by atoms with Crippen LogP contribution in [0.5, 0.6) is 0 Å². The molecule has 0 fully saturated rings. The van der Waals surface area contributed by atoms with Crippen molar-refractivity contribution < 1.29 is 9.90 Å². The Morgan fingerprint density at radius 2 is 2.16 bits per heavy atom. The first-order chi connectivity index (χ1) is 9.09. The van der Waals surface area contributed by atoms with Crippen LogP contribution in [0.25, 0.3) is 0 Å². The van der Waals surface area contributed by atoms with E-state index >= 15 is 0 Å². The molecule has 6 heteroatoms. The standard InChI is InChI=1S/C13H14ClN3O2/c1-17-10(14)7-15-11(17)8-16-12(13(18)19)9-5-3-2-4-6-9/h2-7,12,16H,8H2,1H3,(H,18,19). The summed E-state index contributed by atoms with van der Waals surface area (Å²) in [5.41, 5.74) is 0.704. The Bertz CT molecular complexity index is 569. The van der Waals surface area contributed by atoms with Gasteiger partial charge in [-0.25, -0.2) is 4.98 Å². The smallest absolute Gasteiger partial charge is 0.325 e. The lowest BCUT2D eigenvalue weighted by Gasteiger charge is -2.14. The lowest BCUT2D eigenvalue weighted by Crippen LogP contribution is -2.29. The van der Waals surface area contributed by atoms with Gasteiger partial charge in [-0.2, -0.15) is 0 Å². The highest BCUT2D eigenvalue weighted by atomic mass is 35.5. The number of rotatable bonds is 5. The van der Waals surface area contributed by atoms with Crippen molar-refractivity contribution in [2.75, 3.05) is 0 Å². The van der Waals surface area contributed by atoms with E-state index in [4.69, 9.17) is 11.6 Å². The third-order valence-electron chi connectivity index (χ3n) is 2.87. The Labute approximate surface area is 115 Å². The van der Waals surface area contributed by atoms with Crippen LogP contribution in [0, 0.1) is 0 Å². The molecule has 5 nitrogen and oxygen atoms in total. The molecule has 0 bridgehead atoms. The molecule has 0 amide bonds. The number of aromatic nitrogens is 2. The summed E-state index contributed by atoms with van der Waals surface area (Å²) < 4.78 is 1.71. The van der Waals surface area contributed by atoms with E-state index in [2.05, 4.69) is 10.3 Å². The molecule has 2 aromatic rings. The summed E-state index contributed by atoms with van der Waals surface area (Å²) in [5, 5.41) is 12.7. The number of nitrogens with one attached hydrogen (secondary N) is 1. The van der Waals surface area contributed by atoms with Crippen LogP contribution in [-0.4, -0.2) is 20.6 Å². The van der Waals surface area contributed by atoms with Crippen molar-refractivity contribution >= 4 is 17.6 Å². The van der Waals surface area contributed by atoms with E-state index in [0.29, 0.717) is 23.1 Å². The summed E-state index contributed by atoms with van der Waals surface area (Å²) in [5.74, 6) is -0.237. The van der Waals surface area contributed by atoms with Crippen LogP contribution < -0.4 is 5.32 Å². The zero-order valence-electron chi connectivity index (χ0n) is 10.4. The summed E-state index contributed by atoms with van der Waals surface area (Å²) in [7, 11) is 1.78. The molecular weight excluding hydrogens is 266 g/mol. The molecule has 0 saturated heterocycles. The number of carboxylic acids is 1. The second-order valence-electron chi connectivity index (χ2n) is 4.12. The van der Waals surface area contributed by atoms with Crippen LogP contribution in [0.1, 0.15) is 17.4 Å². The Hall–Kier alpha value is -1.85. The Kier molecular flexibility index (Phi) is 4.19. The maximum atomic E-state index is 11.3. The van der Waals surface area contributed by atoms with Gasteiger partial charge in [-0.1, -0.05) is 41.9 Å². The minimum Gasteiger partial charge on any atom is -0.480 e. The van der Waals surface area contributed by atoms with Gasteiger partial charge >= 0.3 is 5.97 Å². The van der Waals surface area contributed by atoms with Crippen molar-refractivity contribution in [3.05, 3.63) is 53.1 Å². The Morgan fingerprint density at radius 1 is 1.47 bits per heavy atom. The largest absolute Gasteiger partial charge is 0.480 e. The molecule has 1 aromatic heterocycles. The number of hydrogen-bond donors (Lipinski definition) is 2. The van der Waals surface area contributed by atoms with Gasteiger partial charge in [0.2, 0.25) is 0 Å². The minimum absolute atomic E-state index is 0.328. The van der Waals surface area contributed by atoms with Gasteiger partial charge in [0.1, 0.15) is 17.0 Å². The molecule has 2 rings (SSSR count). The number of imidazole rings is 1. The summed E-state index contributed by atoms with van der Waals surface area (Å²) in [4.78, 5) is 15.4. The molecule has 0 saturated carbocycles. The summed E-state index contributed by atoms with van der Waals surface area (Å²) in [6.45, 7) is 0.328. The van der Waals surface area contributed by atoms with Gasteiger partial charge in [0.05, 0.1) is 12.7 Å². The molecule has 0 aliphatic carbocycles. The highest BCUT2D eigenvalue weighted by Gasteiger charge is 2.19. The van der Waals surface area contributed by atoms with Gasteiger partial charge in [0.15, 0.2) is 0 Å². The van der Waals surface area contributed by atoms with E-state index in [-0.39, 0.29) is 0 Å². The van der Waals surface area contributed by atoms with E-state index in [9.17, 15) is 9.90 Å². The number of nitrogens with zero attached hydrogens (tertiary/aromatic N) is 2. The molecule has 0 aliphatic rings. The predicted octanol–water partition coefficient (Wildman–Crippen LogP) is 1.99. The SMILES string of the molecule is Cn1c(Cl)cnc1CNC(C(=O)O)c1ccccc1. The van der Waals surface area contributed by atoms with Crippen LogP contribution in [0.15, 0.2) is 36.5 Å². The van der Waals surface area contributed by atoms with Crippen molar-refractivity contribution in [3.8, 4) is 0 Å². The highest BCUT2D eigenvalue weighted by molar-refractivity contribution is 6.29. The number of benzene rings is 1. The van der Waals surface area contributed by atoms with Crippen molar-refractivity contribution in [1.82, 2.24) is 14.9 Å². The predicted molar refractivity (Wildman–Crippen MR) is 71.9 cm³/mol. The van der Waals surface area contributed by atoms with Gasteiger partial charge < -0.3 is 9.67 Å². The molecule has 1 aromatic carbocycles. The lowest BCUT2D eigenvalue weighted by molar-refractivity contribution is -0.139. The first-order valence-electron chi connectivity index (χ1n) is 5.77. The molecular formula is C13H14ClN3O2. The second-order valence-corrected chi connectivity index (χ2v) is 4.51. The number of hydrogen-bond acceptors (Lipinski definition) is 3. The maximum absolute atomic E-state index is 11.3. The molecule has 100 valence electrons. The topological polar surface area (TPSA) is 67.2 Å². The quantitative estimate of drug-likeness (QED) is 0.878. The summed E-state index contributed by atoms with van der Waals surface area (Å²) in [6, 6.07) is 8.25. The number of carboxylic acid groups (broad SMARTS) is 1. The van der Waals surface area contributed by atoms with E-state index in [1.807, 2.05) is 18.2 Å². The van der Waals surface area contributed by atoms with E-state index in [1.165, 1.54) is 6.20 Å².